The van der Waals surface area contributed by atoms with Crippen LogP contribution in [0.3, 0.4) is 0 Å². The van der Waals surface area contributed by atoms with Gasteiger partial charge in [0.25, 0.3) is 0 Å². The molecule has 1 aliphatic rings. The fourth-order valence-corrected chi connectivity index (χ4v) is 4.65. The third-order valence-electron chi connectivity index (χ3n) is 6.84. The van der Waals surface area contributed by atoms with Gasteiger partial charge in [0.05, 0.1) is 6.61 Å². The normalized spacial score (nSPS) is 15.8. The Balaban J connectivity index is 1.40. The van der Waals surface area contributed by atoms with Crippen LogP contribution in [0.5, 0.6) is 0 Å². The molecule has 4 rings (SSSR count). The van der Waals surface area contributed by atoms with Gasteiger partial charge < -0.3 is 4.74 Å². The zero-order valence-electron chi connectivity index (χ0n) is 20.1. The van der Waals surface area contributed by atoms with Crippen molar-refractivity contribution in [3.8, 4) is 11.1 Å². The molecule has 35 heavy (non-hydrogen) atoms. The van der Waals surface area contributed by atoms with Crippen molar-refractivity contribution in [2.75, 3.05) is 6.61 Å². The Morgan fingerprint density at radius 3 is 2.14 bits per heavy atom. The Labute approximate surface area is 204 Å². The summed E-state index contributed by atoms with van der Waals surface area (Å²) in [7, 11) is 0. The zero-order valence-corrected chi connectivity index (χ0v) is 20.1. The molecule has 1 atom stereocenters. The van der Waals surface area contributed by atoms with E-state index in [2.05, 4.69) is 0 Å². The van der Waals surface area contributed by atoms with Crippen LogP contribution in [0, 0.1) is 36.1 Å². The molecule has 0 amide bonds. The van der Waals surface area contributed by atoms with E-state index in [1.165, 1.54) is 0 Å². The third kappa shape index (κ3) is 5.67. The molecule has 0 heterocycles. The van der Waals surface area contributed by atoms with Crippen molar-refractivity contribution in [2.45, 2.75) is 52.6 Å². The van der Waals surface area contributed by atoms with Gasteiger partial charge in [-0.3, -0.25) is 0 Å². The minimum atomic E-state index is -0.856. The molecule has 0 aromatic heterocycles. The average molecular weight is 483 g/mol. The summed E-state index contributed by atoms with van der Waals surface area (Å²) in [6.07, 6.45) is 5.19. The van der Waals surface area contributed by atoms with E-state index in [4.69, 9.17) is 4.74 Å². The van der Waals surface area contributed by atoms with Gasteiger partial charge in [-0.1, -0.05) is 60.2 Å². The lowest BCUT2D eigenvalue weighted by atomic mass is 9.83. The second-order valence-electron chi connectivity index (χ2n) is 9.21. The number of aryl methyl sites for hydroxylation is 2. The van der Waals surface area contributed by atoms with Gasteiger partial charge in [-0.15, -0.1) is 0 Å². The zero-order chi connectivity index (χ0) is 24.9. The lowest BCUT2D eigenvalue weighted by Gasteiger charge is -2.23. The molecule has 5 heteroatoms. The van der Waals surface area contributed by atoms with Gasteiger partial charge in [0, 0.05) is 23.3 Å². The molecular weight excluding hydrogens is 452 g/mol. The van der Waals surface area contributed by atoms with Crippen molar-refractivity contribution in [3.63, 3.8) is 0 Å². The highest BCUT2D eigenvalue weighted by Gasteiger charge is 2.22. The highest BCUT2D eigenvalue weighted by Crippen LogP contribution is 2.35. The van der Waals surface area contributed by atoms with Crippen LogP contribution in [0.25, 0.3) is 16.7 Å². The van der Waals surface area contributed by atoms with E-state index >= 15 is 0 Å². The molecule has 1 aliphatic carbocycles. The van der Waals surface area contributed by atoms with E-state index in [9.17, 15) is 17.6 Å². The molecule has 184 valence electrons. The summed E-state index contributed by atoms with van der Waals surface area (Å²) >= 11 is 0. The van der Waals surface area contributed by atoms with Gasteiger partial charge in [0.15, 0.2) is 23.3 Å². The first-order chi connectivity index (χ1) is 16.9. The first-order valence-corrected chi connectivity index (χ1v) is 12.2. The Morgan fingerprint density at radius 2 is 1.46 bits per heavy atom. The summed E-state index contributed by atoms with van der Waals surface area (Å²) in [6.45, 7) is 4.23. The number of hydrogen-bond donors (Lipinski definition) is 0. The van der Waals surface area contributed by atoms with Gasteiger partial charge in [-0.2, -0.15) is 0 Å². The lowest BCUT2D eigenvalue weighted by Crippen LogP contribution is -2.09. The first kappa shape index (κ1) is 25.2. The molecule has 0 radical (unpaired) electrons. The van der Waals surface area contributed by atoms with Crippen molar-refractivity contribution in [1.29, 1.82) is 0 Å². The fourth-order valence-electron chi connectivity index (χ4n) is 4.65. The Kier molecular flexibility index (Phi) is 8.07. The quantitative estimate of drug-likeness (QED) is 0.292. The van der Waals surface area contributed by atoms with Crippen molar-refractivity contribution in [1.82, 2.24) is 0 Å². The lowest BCUT2D eigenvalue weighted by molar-refractivity contribution is 0.131. The number of allylic oxidation sites excluding steroid dienone is 2. The molecule has 0 fully saturated rings. The molecule has 3 aromatic carbocycles. The van der Waals surface area contributed by atoms with Gasteiger partial charge in [0.1, 0.15) is 0 Å². The van der Waals surface area contributed by atoms with E-state index in [0.29, 0.717) is 49.0 Å². The second kappa shape index (κ2) is 11.2. The van der Waals surface area contributed by atoms with Crippen LogP contribution in [-0.4, -0.2) is 6.61 Å². The van der Waals surface area contributed by atoms with Crippen molar-refractivity contribution in [3.05, 3.63) is 100 Å². The topological polar surface area (TPSA) is 9.23 Å². The minimum absolute atomic E-state index is 0.0454. The summed E-state index contributed by atoms with van der Waals surface area (Å²) in [5.41, 5.74) is 3.64. The van der Waals surface area contributed by atoms with Crippen LogP contribution in [0.4, 0.5) is 17.6 Å². The van der Waals surface area contributed by atoms with Gasteiger partial charge >= 0.3 is 0 Å². The standard InChI is InChI=1S/C30H30F4O/c1-3-35-18-24-15-17-26(30(34)28(24)32)22-11-6-20(7-12-22)8-13-23-14-16-25(29(33)27(23)31)21-9-4-19(2)5-10-21/h4-5,9-11,14-17,20H,3,6-8,12-13,18H2,1-2H3. The fraction of sp³-hybridized carbons (Fsp3) is 0.333. The minimum Gasteiger partial charge on any atom is -0.377 e. The predicted octanol–water partition coefficient (Wildman–Crippen LogP) is 8.57. The van der Waals surface area contributed by atoms with Gasteiger partial charge in [-0.25, -0.2) is 17.6 Å². The second-order valence-corrected chi connectivity index (χ2v) is 9.21. The van der Waals surface area contributed by atoms with Crippen molar-refractivity contribution >= 4 is 5.57 Å². The van der Waals surface area contributed by atoms with E-state index < -0.39 is 23.3 Å². The number of hydrogen-bond acceptors (Lipinski definition) is 1. The molecule has 0 aliphatic heterocycles. The summed E-state index contributed by atoms with van der Waals surface area (Å²) < 4.78 is 63.8. The van der Waals surface area contributed by atoms with Crippen LogP contribution in [-0.2, 0) is 17.8 Å². The monoisotopic (exact) mass is 482 g/mol. The third-order valence-corrected chi connectivity index (χ3v) is 6.84. The number of ether oxygens (including phenoxy) is 1. The first-order valence-electron chi connectivity index (χ1n) is 12.2. The average Bonchev–Trinajstić information content (AvgIpc) is 2.87. The molecule has 0 bridgehead atoms. The van der Waals surface area contributed by atoms with Crippen LogP contribution >= 0.6 is 0 Å². The summed E-state index contributed by atoms with van der Waals surface area (Å²) in [5.74, 6) is -3.02. The molecule has 0 spiro atoms. The van der Waals surface area contributed by atoms with Crippen molar-refractivity contribution in [2.24, 2.45) is 5.92 Å². The molecule has 0 saturated carbocycles. The van der Waals surface area contributed by atoms with E-state index in [1.54, 1.807) is 43.3 Å². The molecule has 1 unspecified atom stereocenters. The Bertz CT molecular complexity index is 1210. The van der Waals surface area contributed by atoms with Crippen LogP contribution in [0.2, 0.25) is 0 Å². The van der Waals surface area contributed by atoms with Crippen LogP contribution in [0.15, 0.2) is 54.6 Å². The van der Waals surface area contributed by atoms with E-state index in [1.807, 2.05) is 25.1 Å². The van der Waals surface area contributed by atoms with E-state index in [-0.39, 0.29) is 23.7 Å². The summed E-state index contributed by atoms with van der Waals surface area (Å²) in [5, 5.41) is 0. The maximum atomic E-state index is 14.8. The van der Waals surface area contributed by atoms with Gasteiger partial charge in [0.2, 0.25) is 0 Å². The number of halogens is 4. The van der Waals surface area contributed by atoms with Crippen LogP contribution in [0.1, 0.15) is 54.9 Å². The maximum Gasteiger partial charge on any atom is 0.166 e. The van der Waals surface area contributed by atoms with Crippen LogP contribution < -0.4 is 0 Å². The highest BCUT2D eigenvalue weighted by atomic mass is 19.2. The smallest absolute Gasteiger partial charge is 0.166 e. The number of benzene rings is 3. The summed E-state index contributed by atoms with van der Waals surface area (Å²) in [4.78, 5) is 0. The highest BCUT2D eigenvalue weighted by molar-refractivity contribution is 5.67. The number of rotatable bonds is 8. The molecule has 1 nitrogen and oxygen atoms in total. The Hall–Kier alpha value is -2.92. The SMILES string of the molecule is CCOCc1ccc(C2=CCC(CCc3ccc(-c4ccc(C)cc4)c(F)c3F)CC2)c(F)c1F. The summed E-state index contributed by atoms with van der Waals surface area (Å²) in [6, 6.07) is 13.8. The largest absolute Gasteiger partial charge is 0.377 e. The van der Waals surface area contributed by atoms with Crippen molar-refractivity contribution < 1.29 is 22.3 Å². The molecule has 0 N–H and O–H groups in total. The van der Waals surface area contributed by atoms with Gasteiger partial charge in [-0.05, 0) is 68.6 Å². The van der Waals surface area contributed by atoms with E-state index in [0.717, 1.165) is 17.6 Å². The molecule has 0 saturated heterocycles. The molecular formula is C30H30F4O. The maximum absolute atomic E-state index is 14.8. The molecule has 3 aromatic rings. The predicted molar refractivity (Wildman–Crippen MR) is 132 cm³/mol. The Morgan fingerprint density at radius 1 is 0.800 bits per heavy atom.